The zero-order chi connectivity index (χ0) is 25.5. The van der Waals surface area contributed by atoms with Crippen molar-refractivity contribution >= 4 is 27.0 Å². The van der Waals surface area contributed by atoms with Crippen molar-refractivity contribution < 1.29 is 40.4 Å². The molecule has 0 aliphatic carbocycles. The van der Waals surface area contributed by atoms with Gasteiger partial charge >= 0.3 is 0 Å². The molecule has 0 fully saturated rings. The Hall–Kier alpha value is -3.94. The topological polar surface area (TPSA) is 117 Å². The van der Waals surface area contributed by atoms with Crippen molar-refractivity contribution in [3.8, 4) is 5.75 Å². The molecule has 1 aliphatic rings. The minimum atomic E-state index is -4.28. The number of hydrogen-bond acceptors (Lipinski definition) is 7. The second kappa shape index (κ2) is 8.69. The van der Waals surface area contributed by atoms with E-state index in [9.17, 15) is 41.3 Å². The molecular formula is C21H15F4N3O6S. The van der Waals surface area contributed by atoms with Crippen molar-refractivity contribution in [2.75, 3.05) is 11.4 Å². The number of rotatable bonds is 6. The largest absolute Gasteiger partial charge is 0.711 e. The molecule has 1 aliphatic heterocycles. The fraction of sp³-hybridized carbons (Fsp3) is 0.190. The number of ether oxygens (including phenoxy) is 1. The predicted octanol–water partition coefficient (Wildman–Crippen LogP) is 3.86. The second-order valence-corrected chi connectivity index (χ2v) is 9.46. The Kier molecular flexibility index (Phi) is 6.00. The van der Waals surface area contributed by atoms with Gasteiger partial charge in [-0.2, -0.15) is 0 Å². The van der Waals surface area contributed by atoms with Crippen LogP contribution in [0, 0.1) is 15.3 Å². The van der Waals surface area contributed by atoms with Crippen LogP contribution in [-0.2, 0) is 9.84 Å². The van der Waals surface area contributed by atoms with Crippen LogP contribution >= 0.6 is 0 Å². The van der Waals surface area contributed by atoms with Crippen LogP contribution in [0.25, 0.3) is 0 Å². The van der Waals surface area contributed by atoms with Gasteiger partial charge in [0.05, 0.1) is 20.9 Å². The Labute approximate surface area is 195 Å². The summed E-state index contributed by atoms with van der Waals surface area (Å²) < 4.78 is 86.8. The fourth-order valence-electron chi connectivity index (χ4n) is 3.57. The Morgan fingerprint density at radius 3 is 2.20 bits per heavy atom. The second-order valence-electron chi connectivity index (χ2n) is 7.51. The SMILES string of the molecule is O=[N+]([O-])c1ccc(S(=O)(=O)c2ccc3c(c2)N(c2cccc[n+]2[O-])CC(C(F)F)(C(F)F)O3)cc1. The van der Waals surface area contributed by atoms with Crippen molar-refractivity contribution in [1.29, 1.82) is 0 Å². The molecule has 9 nitrogen and oxygen atoms in total. The molecule has 2 heterocycles. The number of nitro benzene ring substituents is 1. The van der Waals surface area contributed by atoms with Crippen molar-refractivity contribution in [2.24, 2.45) is 0 Å². The highest BCUT2D eigenvalue weighted by Crippen LogP contribution is 2.45. The summed E-state index contributed by atoms with van der Waals surface area (Å²) in [6.45, 7) is -1.15. The number of halogens is 4. The summed E-state index contributed by atoms with van der Waals surface area (Å²) in [6, 6.07) is 10.8. The molecule has 35 heavy (non-hydrogen) atoms. The molecule has 0 radical (unpaired) electrons. The van der Waals surface area contributed by atoms with Crippen LogP contribution in [-0.4, -0.2) is 38.3 Å². The standard InChI is InChI=1S/C21H15F4N3O6S/c22-19(23)21(20(24)25)12-26(18-3-1-2-10-27(18)29)16-11-15(8-9-17(16)34-21)35(32,33)14-6-4-13(5-7-14)28(30)31/h1-11,19-20H,12H2. The van der Waals surface area contributed by atoms with Gasteiger partial charge in [0.1, 0.15) is 6.54 Å². The van der Waals surface area contributed by atoms with Gasteiger partial charge in [-0.1, -0.05) is 6.07 Å². The first-order valence-electron chi connectivity index (χ1n) is 9.82. The average Bonchev–Trinajstić information content (AvgIpc) is 2.83. The van der Waals surface area contributed by atoms with Gasteiger partial charge in [-0.25, -0.2) is 35.6 Å². The summed E-state index contributed by atoms with van der Waals surface area (Å²) >= 11 is 0. The first kappa shape index (κ1) is 24.2. The highest BCUT2D eigenvalue weighted by molar-refractivity contribution is 7.91. The number of hydrogen-bond donors (Lipinski definition) is 0. The highest BCUT2D eigenvalue weighted by Gasteiger charge is 2.58. The Morgan fingerprint density at radius 1 is 1.00 bits per heavy atom. The molecule has 184 valence electrons. The van der Waals surface area contributed by atoms with E-state index in [1.807, 2.05) is 0 Å². The van der Waals surface area contributed by atoms with E-state index in [1.165, 1.54) is 18.2 Å². The zero-order valence-corrected chi connectivity index (χ0v) is 18.2. The van der Waals surface area contributed by atoms with Crippen molar-refractivity contribution in [1.82, 2.24) is 0 Å². The maximum Gasteiger partial charge on any atom is 0.287 e. The van der Waals surface area contributed by atoms with Crippen LogP contribution in [0.5, 0.6) is 5.75 Å². The average molecular weight is 513 g/mol. The first-order valence-corrected chi connectivity index (χ1v) is 11.3. The maximum absolute atomic E-state index is 13.8. The molecule has 3 aromatic rings. The zero-order valence-electron chi connectivity index (χ0n) is 17.4. The van der Waals surface area contributed by atoms with Gasteiger partial charge in [0.25, 0.3) is 30.0 Å². The highest BCUT2D eigenvalue weighted by atomic mass is 32.2. The van der Waals surface area contributed by atoms with Gasteiger partial charge in [0.2, 0.25) is 9.84 Å². The minimum Gasteiger partial charge on any atom is -0.711 e. The van der Waals surface area contributed by atoms with E-state index in [2.05, 4.69) is 0 Å². The molecule has 1 aromatic heterocycles. The molecule has 0 atom stereocenters. The van der Waals surface area contributed by atoms with E-state index in [-0.39, 0.29) is 31.7 Å². The van der Waals surface area contributed by atoms with Crippen LogP contribution in [0.1, 0.15) is 0 Å². The van der Waals surface area contributed by atoms with Gasteiger partial charge in [-0.3, -0.25) is 10.1 Å². The number of fused-ring (bicyclic) bond motifs is 1. The minimum absolute atomic E-state index is 0.208. The van der Waals surface area contributed by atoms with Crippen molar-refractivity contribution in [3.63, 3.8) is 0 Å². The molecular weight excluding hydrogens is 498 g/mol. The number of nitrogens with zero attached hydrogens (tertiary/aromatic N) is 3. The number of nitro groups is 1. The smallest absolute Gasteiger partial charge is 0.287 e. The number of pyridine rings is 1. The van der Waals surface area contributed by atoms with Crippen LogP contribution in [0.2, 0.25) is 0 Å². The lowest BCUT2D eigenvalue weighted by Crippen LogP contribution is -2.60. The van der Waals surface area contributed by atoms with E-state index in [0.717, 1.165) is 53.6 Å². The Morgan fingerprint density at radius 2 is 1.63 bits per heavy atom. The molecule has 0 unspecified atom stereocenters. The summed E-state index contributed by atoms with van der Waals surface area (Å²) in [7, 11) is -4.28. The van der Waals surface area contributed by atoms with Gasteiger partial charge < -0.3 is 9.94 Å². The Bertz CT molecular complexity index is 1380. The Balaban J connectivity index is 1.87. The summed E-state index contributed by atoms with van der Waals surface area (Å²) in [6.07, 6.45) is -6.27. The van der Waals surface area contributed by atoms with Gasteiger partial charge in [0, 0.05) is 24.3 Å². The molecule has 0 N–H and O–H groups in total. The summed E-state index contributed by atoms with van der Waals surface area (Å²) in [5, 5.41) is 23.2. The molecule has 14 heteroatoms. The third kappa shape index (κ3) is 4.09. The van der Waals surface area contributed by atoms with Crippen LogP contribution in [0.3, 0.4) is 0 Å². The summed E-state index contributed by atoms with van der Waals surface area (Å²) in [5.41, 5.74) is -3.83. The normalized spacial score (nSPS) is 15.1. The third-order valence-electron chi connectivity index (χ3n) is 5.41. The number of non-ortho nitro benzene ring substituents is 1. The van der Waals surface area contributed by atoms with Crippen LogP contribution in [0.15, 0.2) is 76.7 Å². The number of benzene rings is 2. The molecule has 0 bridgehead atoms. The molecule has 0 spiro atoms. The lowest BCUT2D eigenvalue weighted by Gasteiger charge is -2.39. The van der Waals surface area contributed by atoms with E-state index >= 15 is 0 Å². The van der Waals surface area contributed by atoms with Gasteiger partial charge in [-0.15, -0.1) is 0 Å². The van der Waals surface area contributed by atoms with E-state index < -0.39 is 45.5 Å². The van der Waals surface area contributed by atoms with E-state index in [1.54, 1.807) is 0 Å². The van der Waals surface area contributed by atoms with Crippen LogP contribution in [0.4, 0.5) is 34.8 Å². The van der Waals surface area contributed by atoms with E-state index in [0.29, 0.717) is 0 Å². The molecule has 0 amide bonds. The van der Waals surface area contributed by atoms with Crippen molar-refractivity contribution in [3.05, 3.63) is 82.2 Å². The quantitative estimate of drug-likeness (QED) is 0.162. The number of alkyl halides is 4. The number of anilines is 2. The monoisotopic (exact) mass is 513 g/mol. The lowest BCUT2D eigenvalue weighted by atomic mass is 10.0. The predicted molar refractivity (Wildman–Crippen MR) is 113 cm³/mol. The number of aromatic nitrogens is 1. The molecule has 0 saturated carbocycles. The van der Waals surface area contributed by atoms with Crippen LogP contribution < -0.4 is 14.4 Å². The molecule has 4 rings (SSSR count). The number of sulfone groups is 1. The van der Waals surface area contributed by atoms with E-state index in [4.69, 9.17) is 4.74 Å². The lowest BCUT2D eigenvalue weighted by molar-refractivity contribution is -0.592. The van der Waals surface area contributed by atoms with Gasteiger partial charge in [-0.05, 0) is 30.3 Å². The van der Waals surface area contributed by atoms with Crippen molar-refractivity contribution in [2.45, 2.75) is 28.2 Å². The van der Waals surface area contributed by atoms with Gasteiger partial charge in [0.15, 0.2) is 11.4 Å². The molecule has 2 aromatic carbocycles. The summed E-state index contributed by atoms with van der Waals surface area (Å²) in [5.74, 6) is -0.795. The fourth-order valence-corrected chi connectivity index (χ4v) is 4.85. The summed E-state index contributed by atoms with van der Waals surface area (Å²) in [4.78, 5) is 10.3. The third-order valence-corrected chi connectivity index (χ3v) is 7.18. The molecule has 0 saturated heterocycles. The first-order chi connectivity index (χ1) is 16.5. The maximum atomic E-state index is 13.8.